The summed E-state index contributed by atoms with van der Waals surface area (Å²) in [5, 5.41) is 0. The Morgan fingerprint density at radius 2 is 1.88 bits per heavy atom. The second kappa shape index (κ2) is 3.95. The summed E-state index contributed by atoms with van der Waals surface area (Å²) in [6.07, 6.45) is 0. The minimum absolute atomic E-state index is 0.00471. The number of H-pyrrole nitrogens is 1. The number of hydrogen-bond donors (Lipinski definition) is 1. The minimum atomic E-state index is -1.63. The van der Waals surface area contributed by atoms with Crippen LogP contribution in [-0.2, 0) is 0 Å². The zero-order valence-electron chi connectivity index (χ0n) is 7.48. The second-order valence-corrected chi connectivity index (χ2v) is 4.32. The lowest BCUT2D eigenvalue weighted by Gasteiger charge is -2.01. The summed E-state index contributed by atoms with van der Waals surface area (Å²) in [6.45, 7) is 0. The van der Waals surface area contributed by atoms with Gasteiger partial charge in [-0.25, -0.2) is 13.2 Å². The van der Waals surface area contributed by atoms with E-state index in [2.05, 4.69) is 4.37 Å². The first-order chi connectivity index (χ1) is 7.52. The molecule has 0 saturated carbocycles. The van der Waals surface area contributed by atoms with Gasteiger partial charge in [0.1, 0.15) is 4.34 Å². The molecule has 0 bridgehead atoms. The van der Waals surface area contributed by atoms with Gasteiger partial charge < -0.3 is 0 Å². The Bertz CT molecular complexity index is 607. The number of halogens is 4. The molecule has 1 aromatic carbocycles. The van der Waals surface area contributed by atoms with Crippen LogP contribution in [0.2, 0.25) is 4.34 Å². The number of aromatic nitrogens is 1. The fraction of sp³-hybridized carbons (Fsp3) is 0. The zero-order chi connectivity index (χ0) is 11.9. The van der Waals surface area contributed by atoms with Crippen molar-refractivity contribution in [2.75, 3.05) is 0 Å². The quantitative estimate of drug-likeness (QED) is 0.789. The van der Waals surface area contributed by atoms with E-state index in [1.807, 2.05) is 0 Å². The van der Waals surface area contributed by atoms with Crippen molar-refractivity contribution >= 4 is 23.1 Å². The standard InChI is InChI=1S/C9H3ClF3NOS/c10-8-5(9(15)14-16-8)3-1-2-4(11)7(13)6(3)12/h1-2H,(H,14,15). The van der Waals surface area contributed by atoms with Crippen LogP contribution in [0.3, 0.4) is 0 Å². The van der Waals surface area contributed by atoms with Crippen molar-refractivity contribution in [3.63, 3.8) is 0 Å². The third kappa shape index (κ3) is 1.64. The van der Waals surface area contributed by atoms with Gasteiger partial charge in [0.05, 0.1) is 5.56 Å². The van der Waals surface area contributed by atoms with Crippen LogP contribution in [0.1, 0.15) is 0 Å². The molecule has 0 aliphatic rings. The fourth-order valence-corrected chi connectivity index (χ4v) is 2.12. The lowest BCUT2D eigenvalue weighted by Crippen LogP contribution is -2.04. The van der Waals surface area contributed by atoms with Gasteiger partial charge in [-0.3, -0.25) is 9.17 Å². The van der Waals surface area contributed by atoms with E-state index in [9.17, 15) is 18.0 Å². The van der Waals surface area contributed by atoms with Gasteiger partial charge in [-0.15, -0.1) is 0 Å². The van der Waals surface area contributed by atoms with E-state index < -0.39 is 23.0 Å². The van der Waals surface area contributed by atoms with Crippen molar-refractivity contribution in [1.82, 2.24) is 4.37 Å². The molecule has 0 radical (unpaired) electrons. The number of nitrogens with one attached hydrogen (secondary N) is 1. The molecular formula is C9H3ClF3NOS. The van der Waals surface area contributed by atoms with Crippen LogP contribution >= 0.6 is 23.1 Å². The third-order valence-electron chi connectivity index (χ3n) is 1.96. The van der Waals surface area contributed by atoms with Crippen molar-refractivity contribution in [1.29, 1.82) is 0 Å². The van der Waals surface area contributed by atoms with Gasteiger partial charge in [-0.2, -0.15) is 0 Å². The highest BCUT2D eigenvalue weighted by molar-refractivity contribution is 7.11. The van der Waals surface area contributed by atoms with Crippen molar-refractivity contribution < 1.29 is 13.2 Å². The monoisotopic (exact) mass is 265 g/mol. The lowest BCUT2D eigenvalue weighted by molar-refractivity contribution is 0.449. The summed E-state index contributed by atoms with van der Waals surface area (Å²) in [7, 11) is 0. The number of rotatable bonds is 1. The molecule has 0 aliphatic heterocycles. The highest BCUT2D eigenvalue weighted by Crippen LogP contribution is 2.30. The minimum Gasteiger partial charge on any atom is -0.276 e. The Kier molecular flexibility index (Phi) is 2.77. The molecule has 1 aromatic heterocycles. The van der Waals surface area contributed by atoms with Crippen molar-refractivity contribution in [3.8, 4) is 11.1 Å². The summed E-state index contributed by atoms with van der Waals surface area (Å²) in [5.41, 5.74) is -1.19. The summed E-state index contributed by atoms with van der Waals surface area (Å²) in [5.74, 6) is -4.37. The molecule has 84 valence electrons. The van der Waals surface area contributed by atoms with Gasteiger partial charge in [0, 0.05) is 5.56 Å². The summed E-state index contributed by atoms with van der Waals surface area (Å²) < 4.78 is 41.2. The van der Waals surface area contributed by atoms with Crippen molar-refractivity contribution in [3.05, 3.63) is 44.3 Å². The van der Waals surface area contributed by atoms with Crippen molar-refractivity contribution in [2.24, 2.45) is 0 Å². The Morgan fingerprint density at radius 1 is 1.19 bits per heavy atom. The maximum absolute atomic E-state index is 13.4. The van der Waals surface area contributed by atoms with E-state index in [0.29, 0.717) is 0 Å². The van der Waals surface area contributed by atoms with E-state index in [1.54, 1.807) is 0 Å². The largest absolute Gasteiger partial charge is 0.276 e. The predicted molar refractivity (Wildman–Crippen MR) is 55.3 cm³/mol. The predicted octanol–water partition coefficient (Wildman–Crippen LogP) is 3.17. The molecule has 2 nitrogen and oxygen atoms in total. The summed E-state index contributed by atoms with van der Waals surface area (Å²) in [4.78, 5) is 11.3. The van der Waals surface area contributed by atoms with Crippen molar-refractivity contribution in [2.45, 2.75) is 0 Å². The first-order valence-corrected chi connectivity index (χ1v) is 5.22. The third-order valence-corrected chi connectivity index (χ3v) is 3.05. The van der Waals surface area contributed by atoms with E-state index in [-0.39, 0.29) is 15.5 Å². The van der Waals surface area contributed by atoms with Crippen LogP contribution in [0.15, 0.2) is 16.9 Å². The van der Waals surface area contributed by atoms with Crippen LogP contribution in [0.25, 0.3) is 11.1 Å². The molecule has 0 aliphatic carbocycles. The molecule has 7 heteroatoms. The first-order valence-electron chi connectivity index (χ1n) is 4.03. The Labute approximate surface area is 96.5 Å². The molecular weight excluding hydrogens is 263 g/mol. The number of hydrogen-bond acceptors (Lipinski definition) is 2. The Hall–Kier alpha value is -1.27. The summed E-state index contributed by atoms with van der Waals surface area (Å²) >= 11 is 6.44. The highest BCUT2D eigenvalue weighted by atomic mass is 35.5. The van der Waals surface area contributed by atoms with Gasteiger partial charge in [-0.05, 0) is 23.7 Å². The van der Waals surface area contributed by atoms with Gasteiger partial charge in [0.25, 0.3) is 5.56 Å². The normalized spacial score (nSPS) is 10.8. The molecule has 0 unspecified atom stereocenters. The van der Waals surface area contributed by atoms with Crippen LogP contribution < -0.4 is 5.56 Å². The van der Waals surface area contributed by atoms with Crippen LogP contribution in [0.5, 0.6) is 0 Å². The Morgan fingerprint density at radius 3 is 2.44 bits per heavy atom. The van der Waals surface area contributed by atoms with E-state index in [1.165, 1.54) is 0 Å². The van der Waals surface area contributed by atoms with Crippen LogP contribution in [-0.4, -0.2) is 4.37 Å². The topological polar surface area (TPSA) is 32.9 Å². The lowest BCUT2D eigenvalue weighted by atomic mass is 10.1. The van der Waals surface area contributed by atoms with E-state index in [0.717, 1.165) is 23.7 Å². The molecule has 1 N–H and O–H groups in total. The SMILES string of the molecule is O=c1[nH]sc(Cl)c1-c1ccc(F)c(F)c1F. The molecule has 16 heavy (non-hydrogen) atoms. The van der Waals surface area contributed by atoms with Gasteiger partial charge in [0.15, 0.2) is 17.5 Å². The van der Waals surface area contributed by atoms with Gasteiger partial charge >= 0.3 is 0 Å². The highest BCUT2D eigenvalue weighted by Gasteiger charge is 2.20. The molecule has 0 amide bonds. The number of aromatic amines is 1. The number of benzene rings is 1. The maximum Gasteiger partial charge on any atom is 0.267 e. The van der Waals surface area contributed by atoms with Crippen LogP contribution in [0, 0.1) is 17.5 Å². The van der Waals surface area contributed by atoms with Gasteiger partial charge in [0.2, 0.25) is 0 Å². The smallest absolute Gasteiger partial charge is 0.267 e. The molecule has 2 aromatic rings. The first kappa shape index (κ1) is 11.2. The average molecular weight is 266 g/mol. The fourth-order valence-electron chi connectivity index (χ4n) is 1.23. The zero-order valence-corrected chi connectivity index (χ0v) is 9.06. The molecule has 1 heterocycles. The van der Waals surface area contributed by atoms with E-state index >= 15 is 0 Å². The summed E-state index contributed by atoms with van der Waals surface area (Å²) in [6, 6.07) is 1.71. The molecule has 0 atom stereocenters. The molecule has 0 spiro atoms. The maximum atomic E-state index is 13.4. The Balaban J connectivity index is 2.76. The molecule has 0 fully saturated rings. The second-order valence-electron chi connectivity index (χ2n) is 2.90. The van der Waals surface area contributed by atoms with Crippen LogP contribution in [0.4, 0.5) is 13.2 Å². The molecule has 0 saturated heterocycles. The molecule has 2 rings (SSSR count). The van der Waals surface area contributed by atoms with E-state index in [4.69, 9.17) is 11.6 Å². The van der Waals surface area contributed by atoms with Gasteiger partial charge in [-0.1, -0.05) is 11.6 Å². The average Bonchev–Trinajstić information content (AvgIpc) is 2.57.